The Morgan fingerprint density at radius 1 is 0.919 bits per heavy atom. The normalized spacial score (nSPS) is 16.4. The van der Waals surface area contributed by atoms with Gasteiger partial charge in [-0.3, -0.25) is 0 Å². The molecular formula is C35H54N2. The molecule has 1 aliphatic carbocycles. The van der Waals surface area contributed by atoms with Crippen molar-refractivity contribution in [3.8, 4) is 0 Å². The Labute approximate surface area is 229 Å². The molecule has 1 saturated carbocycles. The Morgan fingerprint density at radius 2 is 1.54 bits per heavy atom. The fraction of sp³-hybridized carbons (Fsp3) is 0.543. The molecule has 2 heteroatoms. The van der Waals surface area contributed by atoms with Gasteiger partial charge >= 0.3 is 0 Å². The smallest absolute Gasteiger partial charge is 0.0384 e. The maximum absolute atomic E-state index is 4.54. The summed E-state index contributed by atoms with van der Waals surface area (Å²) in [5.74, 6) is 0.754. The fourth-order valence-corrected chi connectivity index (χ4v) is 5.45. The Bertz CT molecular complexity index is 960. The minimum absolute atomic E-state index is 0.438. The molecule has 1 aliphatic rings. The third-order valence-corrected chi connectivity index (χ3v) is 8.04. The number of rotatable bonds is 11. The van der Waals surface area contributed by atoms with Crippen LogP contribution in [0.5, 0.6) is 0 Å². The van der Waals surface area contributed by atoms with E-state index in [1.165, 1.54) is 53.6 Å². The van der Waals surface area contributed by atoms with E-state index in [4.69, 9.17) is 0 Å². The number of benzene rings is 2. The molecular weight excluding hydrogens is 448 g/mol. The lowest BCUT2D eigenvalue weighted by atomic mass is 9.68. The summed E-state index contributed by atoms with van der Waals surface area (Å²) in [5.41, 5.74) is 9.23. The summed E-state index contributed by atoms with van der Waals surface area (Å²) < 4.78 is 0. The van der Waals surface area contributed by atoms with Crippen LogP contribution in [0, 0.1) is 11.3 Å². The van der Waals surface area contributed by atoms with Gasteiger partial charge in [-0.05, 0) is 85.6 Å². The van der Waals surface area contributed by atoms with E-state index in [0.29, 0.717) is 5.41 Å². The molecule has 0 aromatic heterocycles. The molecule has 0 spiro atoms. The summed E-state index contributed by atoms with van der Waals surface area (Å²) in [6, 6.07) is 15.5. The van der Waals surface area contributed by atoms with E-state index in [0.717, 1.165) is 56.1 Å². The zero-order valence-corrected chi connectivity index (χ0v) is 25.1. The van der Waals surface area contributed by atoms with Crippen LogP contribution in [0.2, 0.25) is 0 Å². The van der Waals surface area contributed by atoms with E-state index in [1.54, 1.807) is 0 Å². The van der Waals surface area contributed by atoms with Gasteiger partial charge in [0.1, 0.15) is 0 Å². The van der Waals surface area contributed by atoms with E-state index in [9.17, 15) is 0 Å². The maximum atomic E-state index is 4.54. The number of anilines is 1. The monoisotopic (exact) mass is 502 g/mol. The summed E-state index contributed by atoms with van der Waals surface area (Å²) in [6.07, 6.45) is 9.91. The van der Waals surface area contributed by atoms with E-state index in [1.807, 2.05) is 6.92 Å². The summed E-state index contributed by atoms with van der Waals surface area (Å²) in [6.45, 7) is 26.5. The zero-order chi connectivity index (χ0) is 27.4. The van der Waals surface area contributed by atoms with E-state index >= 15 is 0 Å². The molecule has 0 bridgehead atoms. The van der Waals surface area contributed by atoms with Crippen molar-refractivity contribution in [2.75, 3.05) is 18.4 Å². The van der Waals surface area contributed by atoms with Crippen molar-refractivity contribution in [3.63, 3.8) is 0 Å². The highest BCUT2D eigenvalue weighted by Gasteiger charge is 2.33. The average Bonchev–Trinajstić information content (AvgIpc) is 2.89. The minimum atomic E-state index is 0.438. The molecule has 0 aliphatic heterocycles. The molecule has 0 amide bonds. The van der Waals surface area contributed by atoms with Gasteiger partial charge in [0.2, 0.25) is 0 Å². The van der Waals surface area contributed by atoms with Crippen LogP contribution in [-0.2, 0) is 19.3 Å². The van der Waals surface area contributed by atoms with Crippen molar-refractivity contribution < 1.29 is 0 Å². The number of hydrogen-bond donors (Lipinski definition) is 1. The first-order valence-electron chi connectivity index (χ1n) is 14.7. The lowest BCUT2D eigenvalue weighted by Crippen LogP contribution is -2.38. The third kappa shape index (κ3) is 9.40. The number of aryl methyl sites for hydroxylation is 3. The molecule has 204 valence electrons. The van der Waals surface area contributed by atoms with Gasteiger partial charge in [-0.2, -0.15) is 0 Å². The van der Waals surface area contributed by atoms with Crippen LogP contribution in [0.1, 0.15) is 103 Å². The molecule has 0 heterocycles. The van der Waals surface area contributed by atoms with Gasteiger partial charge < -0.3 is 10.2 Å². The van der Waals surface area contributed by atoms with Crippen LogP contribution >= 0.6 is 0 Å². The fourth-order valence-electron chi connectivity index (χ4n) is 5.45. The summed E-state index contributed by atoms with van der Waals surface area (Å²) in [7, 11) is 0. The van der Waals surface area contributed by atoms with Crippen molar-refractivity contribution in [2.45, 2.75) is 99.8 Å². The van der Waals surface area contributed by atoms with Gasteiger partial charge in [-0.1, -0.05) is 97.9 Å². The Hall–Kier alpha value is -2.48. The number of hydrogen-bond acceptors (Lipinski definition) is 2. The number of allylic oxidation sites excluding steroid dienone is 1. The molecule has 2 aromatic carbocycles. The maximum Gasteiger partial charge on any atom is 0.0384 e. The predicted octanol–water partition coefficient (Wildman–Crippen LogP) is 9.90. The topological polar surface area (TPSA) is 15.3 Å². The molecule has 37 heavy (non-hydrogen) atoms. The molecule has 1 atom stereocenters. The molecule has 0 radical (unpaired) electrons. The van der Waals surface area contributed by atoms with Crippen molar-refractivity contribution in [2.24, 2.45) is 11.3 Å². The van der Waals surface area contributed by atoms with Crippen molar-refractivity contribution >= 4 is 11.4 Å². The number of nitrogens with zero attached hydrogens (tertiary/aromatic N) is 1. The SMILES string of the molecule is C=C(C)Nc1ccc(C(=C)N(CCC)CC2CCCCC2(C)C)c(CC)c1.CCc1ccc(CC)cc1. The molecule has 2 aromatic rings. The first-order chi connectivity index (χ1) is 17.6. The molecule has 0 saturated heterocycles. The van der Waals surface area contributed by atoms with Gasteiger partial charge in [0.25, 0.3) is 0 Å². The predicted molar refractivity (Wildman–Crippen MR) is 166 cm³/mol. The second-order valence-corrected chi connectivity index (χ2v) is 11.5. The largest absolute Gasteiger partial charge is 0.371 e. The minimum Gasteiger partial charge on any atom is -0.371 e. The summed E-state index contributed by atoms with van der Waals surface area (Å²) in [5, 5.41) is 3.34. The molecule has 2 nitrogen and oxygen atoms in total. The Kier molecular flexibility index (Phi) is 12.5. The Balaban J connectivity index is 0.000000402. The van der Waals surface area contributed by atoms with Gasteiger partial charge in [0.05, 0.1) is 0 Å². The first kappa shape index (κ1) is 30.7. The zero-order valence-electron chi connectivity index (χ0n) is 25.1. The number of nitrogens with one attached hydrogen (secondary N) is 1. The van der Waals surface area contributed by atoms with Crippen molar-refractivity contribution in [1.29, 1.82) is 0 Å². The third-order valence-electron chi connectivity index (χ3n) is 8.04. The highest BCUT2D eigenvalue weighted by Crippen LogP contribution is 2.41. The van der Waals surface area contributed by atoms with Crippen molar-refractivity contribution in [1.82, 2.24) is 4.90 Å². The quantitative estimate of drug-likeness (QED) is 0.329. The van der Waals surface area contributed by atoms with E-state index in [2.05, 4.69) is 107 Å². The summed E-state index contributed by atoms with van der Waals surface area (Å²) in [4.78, 5) is 2.55. The highest BCUT2D eigenvalue weighted by molar-refractivity contribution is 5.68. The van der Waals surface area contributed by atoms with Crippen molar-refractivity contribution in [3.05, 3.63) is 83.6 Å². The van der Waals surface area contributed by atoms with Crippen LogP contribution in [0.3, 0.4) is 0 Å². The molecule has 1 fully saturated rings. The standard InChI is InChI=1S/C25H40N2.C10H14/c1-8-16-27(18-22-12-10-11-15-25(22,6)7)20(5)24-14-13-23(26-19(3)4)17-21(24)9-2;1-3-9-5-7-10(4-2)8-6-9/h13-14,17,22,26H,3,5,8-12,15-16,18H2,1-2,4,6-7H3;5-8H,3-4H2,1-2H3. The second kappa shape index (κ2) is 15.1. The first-order valence-corrected chi connectivity index (χ1v) is 14.7. The summed E-state index contributed by atoms with van der Waals surface area (Å²) >= 11 is 0. The van der Waals surface area contributed by atoms with Crippen LogP contribution in [0.4, 0.5) is 5.69 Å². The van der Waals surface area contributed by atoms with Gasteiger partial charge in [0, 0.05) is 35.7 Å². The van der Waals surface area contributed by atoms with Gasteiger partial charge in [-0.15, -0.1) is 0 Å². The lowest BCUT2D eigenvalue weighted by Gasteiger charge is -2.42. The molecule has 1 N–H and O–H groups in total. The van der Waals surface area contributed by atoms with Gasteiger partial charge in [-0.25, -0.2) is 0 Å². The molecule has 3 rings (SSSR count). The van der Waals surface area contributed by atoms with Crippen LogP contribution < -0.4 is 5.32 Å². The second-order valence-electron chi connectivity index (χ2n) is 11.5. The van der Waals surface area contributed by atoms with Crippen LogP contribution in [0.15, 0.2) is 61.3 Å². The van der Waals surface area contributed by atoms with E-state index < -0.39 is 0 Å². The van der Waals surface area contributed by atoms with E-state index in [-0.39, 0.29) is 0 Å². The lowest BCUT2D eigenvalue weighted by molar-refractivity contribution is 0.110. The molecule has 1 unspecified atom stereocenters. The average molecular weight is 503 g/mol. The van der Waals surface area contributed by atoms with Gasteiger partial charge in [0.15, 0.2) is 0 Å². The Morgan fingerprint density at radius 3 is 2.03 bits per heavy atom. The highest BCUT2D eigenvalue weighted by atomic mass is 15.1. The van der Waals surface area contributed by atoms with Crippen LogP contribution in [-0.4, -0.2) is 18.0 Å². The van der Waals surface area contributed by atoms with Crippen LogP contribution in [0.25, 0.3) is 5.70 Å².